The monoisotopic (exact) mass is 250 g/mol. The molecule has 2 N–H and O–H groups in total. The first-order valence-corrected chi connectivity index (χ1v) is 5.40. The molecule has 0 fully saturated rings. The molecule has 84 valence electrons. The summed E-state index contributed by atoms with van der Waals surface area (Å²) in [4.78, 5) is 3.89. The molecule has 0 aromatic carbocycles. The minimum atomic E-state index is 0.0669. The molecular formula is C8H12Cl2N4O. The molecule has 0 saturated heterocycles. The van der Waals surface area contributed by atoms with Gasteiger partial charge in [0.1, 0.15) is 0 Å². The zero-order valence-corrected chi connectivity index (χ0v) is 9.59. The minimum Gasteiger partial charge on any atom is -0.396 e. The van der Waals surface area contributed by atoms with E-state index in [4.69, 9.17) is 28.3 Å². The lowest BCUT2D eigenvalue weighted by atomic mass is 10.2. The van der Waals surface area contributed by atoms with Gasteiger partial charge in [-0.1, -0.05) is 11.6 Å². The third-order valence-corrected chi connectivity index (χ3v) is 2.16. The second-order valence-corrected chi connectivity index (χ2v) is 3.63. The summed E-state index contributed by atoms with van der Waals surface area (Å²) in [5, 5.41) is 19.0. The molecule has 0 spiro atoms. The predicted molar refractivity (Wildman–Crippen MR) is 59.3 cm³/mol. The fourth-order valence-electron chi connectivity index (χ4n) is 1.03. The van der Waals surface area contributed by atoms with Crippen molar-refractivity contribution in [1.29, 1.82) is 0 Å². The number of aliphatic hydroxyl groups excluding tert-OH is 1. The molecular weight excluding hydrogens is 239 g/mol. The van der Waals surface area contributed by atoms with Gasteiger partial charge >= 0.3 is 0 Å². The van der Waals surface area contributed by atoms with Crippen molar-refractivity contribution in [3.8, 4) is 0 Å². The number of anilines is 1. The molecule has 1 rings (SSSR count). The van der Waals surface area contributed by atoms with Crippen LogP contribution in [0, 0.1) is 0 Å². The fourth-order valence-corrected chi connectivity index (χ4v) is 1.30. The van der Waals surface area contributed by atoms with Crippen LogP contribution in [0.2, 0.25) is 10.4 Å². The molecule has 0 aliphatic heterocycles. The van der Waals surface area contributed by atoms with Gasteiger partial charge in [0.15, 0.2) is 11.0 Å². The van der Waals surface area contributed by atoms with Crippen molar-refractivity contribution < 1.29 is 5.11 Å². The number of nitrogens with zero attached hydrogens (tertiary/aromatic N) is 3. The number of hydrogen-bond acceptors (Lipinski definition) is 5. The van der Waals surface area contributed by atoms with E-state index in [-0.39, 0.29) is 17.0 Å². The van der Waals surface area contributed by atoms with Crippen LogP contribution in [0.25, 0.3) is 0 Å². The van der Waals surface area contributed by atoms with E-state index in [1.807, 2.05) is 0 Å². The second kappa shape index (κ2) is 6.76. The summed E-state index contributed by atoms with van der Waals surface area (Å²) in [7, 11) is 0. The molecule has 1 aromatic heterocycles. The highest BCUT2D eigenvalue weighted by atomic mass is 35.5. The zero-order valence-electron chi connectivity index (χ0n) is 8.08. The van der Waals surface area contributed by atoms with E-state index >= 15 is 0 Å². The third kappa shape index (κ3) is 4.59. The average molecular weight is 251 g/mol. The van der Waals surface area contributed by atoms with Gasteiger partial charge in [0.25, 0.3) is 0 Å². The van der Waals surface area contributed by atoms with Crippen molar-refractivity contribution in [2.24, 2.45) is 0 Å². The number of unbranched alkanes of at least 4 members (excludes halogenated alkanes) is 2. The maximum Gasteiger partial charge on any atom is 0.245 e. The summed E-state index contributed by atoms with van der Waals surface area (Å²) >= 11 is 11.3. The van der Waals surface area contributed by atoms with Crippen molar-refractivity contribution >= 4 is 29.0 Å². The van der Waals surface area contributed by atoms with Crippen LogP contribution in [-0.2, 0) is 0 Å². The maximum atomic E-state index is 8.57. The van der Waals surface area contributed by atoms with Crippen LogP contribution in [0.4, 0.5) is 5.82 Å². The topological polar surface area (TPSA) is 70.9 Å². The molecule has 0 atom stereocenters. The van der Waals surface area contributed by atoms with Crippen LogP contribution in [0.1, 0.15) is 19.3 Å². The van der Waals surface area contributed by atoms with Crippen LogP contribution < -0.4 is 5.32 Å². The molecule has 5 nitrogen and oxygen atoms in total. The Labute approximate surface area is 97.8 Å². The van der Waals surface area contributed by atoms with Crippen molar-refractivity contribution in [2.75, 3.05) is 18.5 Å². The Hall–Kier alpha value is -0.650. The van der Waals surface area contributed by atoms with Crippen LogP contribution in [0.3, 0.4) is 0 Å². The third-order valence-electron chi connectivity index (χ3n) is 1.75. The molecule has 15 heavy (non-hydrogen) atoms. The Morgan fingerprint density at radius 2 is 1.93 bits per heavy atom. The van der Waals surface area contributed by atoms with Crippen LogP contribution in [0.5, 0.6) is 0 Å². The largest absolute Gasteiger partial charge is 0.396 e. The Morgan fingerprint density at radius 3 is 2.67 bits per heavy atom. The van der Waals surface area contributed by atoms with Gasteiger partial charge in [0.05, 0.1) is 0 Å². The summed E-state index contributed by atoms with van der Waals surface area (Å²) in [5.41, 5.74) is 0. The Kier molecular flexibility index (Phi) is 5.60. The summed E-state index contributed by atoms with van der Waals surface area (Å²) in [5.74, 6) is 0.445. The summed E-state index contributed by atoms with van der Waals surface area (Å²) < 4.78 is 0. The van der Waals surface area contributed by atoms with Crippen molar-refractivity contribution in [3.63, 3.8) is 0 Å². The van der Waals surface area contributed by atoms with Crippen molar-refractivity contribution in [2.45, 2.75) is 19.3 Å². The number of halogens is 2. The first kappa shape index (κ1) is 12.4. The van der Waals surface area contributed by atoms with Gasteiger partial charge < -0.3 is 10.4 Å². The van der Waals surface area contributed by atoms with E-state index in [2.05, 4.69) is 20.5 Å². The molecule has 1 aromatic rings. The van der Waals surface area contributed by atoms with Crippen LogP contribution in [-0.4, -0.2) is 33.4 Å². The quantitative estimate of drug-likeness (QED) is 0.753. The lowest BCUT2D eigenvalue weighted by molar-refractivity contribution is 0.283. The van der Waals surface area contributed by atoms with E-state index in [0.29, 0.717) is 5.82 Å². The Morgan fingerprint density at radius 1 is 1.13 bits per heavy atom. The minimum absolute atomic E-state index is 0.0669. The first-order chi connectivity index (χ1) is 7.24. The molecule has 0 aliphatic rings. The molecule has 0 unspecified atom stereocenters. The van der Waals surface area contributed by atoms with Gasteiger partial charge in [-0.15, -0.1) is 10.2 Å². The highest BCUT2D eigenvalue weighted by Crippen LogP contribution is 2.16. The summed E-state index contributed by atoms with van der Waals surface area (Å²) in [6.07, 6.45) is 2.68. The molecule has 0 radical (unpaired) electrons. The molecule has 0 saturated carbocycles. The standard InChI is InChI=1S/C8H12Cl2N4O/c9-6-7(12-8(10)14-13-6)11-4-2-1-3-5-15/h15H,1-5H2,(H,11,12,14). The average Bonchev–Trinajstić information content (AvgIpc) is 2.23. The van der Waals surface area contributed by atoms with E-state index in [9.17, 15) is 0 Å². The predicted octanol–water partition coefficient (Wildman–Crippen LogP) is 1.75. The van der Waals surface area contributed by atoms with Crippen molar-refractivity contribution in [3.05, 3.63) is 10.4 Å². The maximum absolute atomic E-state index is 8.57. The number of rotatable bonds is 6. The Balaban J connectivity index is 2.33. The summed E-state index contributed by atoms with van der Waals surface area (Å²) in [6, 6.07) is 0. The van der Waals surface area contributed by atoms with E-state index in [1.165, 1.54) is 0 Å². The molecule has 1 heterocycles. The number of aliphatic hydroxyl groups is 1. The molecule has 7 heteroatoms. The lowest BCUT2D eigenvalue weighted by Crippen LogP contribution is -2.06. The fraction of sp³-hybridized carbons (Fsp3) is 0.625. The van der Waals surface area contributed by atoms with Gasteiger partial charge in [-0.2, -0.15) is 4.98 Å². The lowest BCUT2D eigenvalue weighted by Gasteiger charge is -2.05. The number of hydrogen-bond donors (Lipinski definition) is 2. The van der Waals surface area contributed by atoms with Gasteiger partial charge in [0.2, 0.25) is 5.28 Å². The second-order valence-electron chi connectivity index (χ2n) is 2.93. The Bertz CT molecular complexity index is 311. The van der Waals surface area contributed by atoms with E-state index in [0.717, 1.165) is 25.8 Å². The zero-order chi connectivity index (χ0) is 11.1. The highest BCUT2D eigenvalue weighted by Gasteiger charge is 2.04. The smallest absolute Gasteiger partial charge is 0.245 e. The van der Waals surface area contributed by atoms with E-state index < -0.39 is 0 Å². The first-order valence-electron chi connectivity index (χ1n) is 4.64. The van der Waals surface area contributed by atoms with E-state index in [1.54, 1.807) is 0 Å². The summed E-state index contributed by atoms with van der Waals surface area (Å²) in [6.45, 7) is 0.941. The molecule has 0 amide bonds. The number of nitrogens with one attached hydrogen (secondary N) is 1. The molecule has 0 bridgehead atoms. The van der Waals surface area contributed by atoms with Gasteiger partial charge in [0, 0.05) is 13.2 Å². The highest BCUT2D eigenvalue weighted by molar-refractivity contribution is 6.32. The van der Waals surface area contributed by atoms with Gasteiger partial charge in [-0.05, 0) is 30.9 Å². The number of aromatic nitrogens is 3. The van der Waals surface area contributed by atoms with Gasteiger partial charge in [-0.25, -0.2) is 0 Å². The van der Waals surface area contributed by atoms with Crippen LogP contribution in [0.15, 0.2) is 0 Å². The normalized spacial score (nSPS) is 10.3. The van der Waals surface area contributed by atoms with Crippen LogP contribution >= 0.6 is 23.2 Å². The van der Waals surface area contributed by atoms with Crippen molar-refractivity contribution in [1.82, 2.24) is 15.2 Å². The SMILES string of the molecule is OCCCCCNc1nc(Cl)nnc1Cl. The van der Waals surface area contributed by atoms with Gasteiger partial charge in [-0.3, -0.25) is 0 Å². The molecule has 0 aliphatic carbocycles.